The van der Waals surface area contributed by atoms with E-state index >= 15 is 0 Å². The number of hydrogen-bond acceptors (Lipinski definition) is 8. The fourth-order valence-electron chi connectivity index (χ4n) is 3.40. The van der Waals surface area contributed by atoms with Gasteiger partial charge in [-0.25, -0.2) is 5.84 Å². The number of hydrogen-bond donors (Lipinski definition) is 5. The Morgan fingerprint density at radius 2 is 1.66 bits per heavy atom. The maximum atomic E-state index is 10.2. The van der Waals surface area contributed by atoms with Crippen LogP contribution in [0, 0.1) is 0 Å². The van der Waals surface area contributed by atoms with Crippen LogP contribution in [-0.2, 0) is 5.41 Å². The molecule has 0 aliphatic rings. The van der Waals surface area contributed by atoms with Gasteiger partial charge in [-0.3, -0.25) is 0 Å². The quantitative estimate of drug-likeness (QED) is 0.141. The second-order valence-corrected chi connectivity index (χ2v) is 9.98. The topological polar surface area (TPSA) is 134 Å². The lowest BCUT2D eigenvalue weighted by molar-refractivity contribution is 0.0741. The molecule has 0 heterocycles. The Morgan fingerprint density at radius 1 is 1.06 bits per heavy atom. The molecule has 0 aliphatic heterocycles. The van der Waals surface area contributed by atoms with Gasteiger partial charge in [0.1, 0.15) is 36.9 Å². The fraction of sp³-hybridized carbons (Fsp3) is 0.440. The summed E-state index contributed by atoms with van der Waals surface area (Å²) in [7, 11) is 0. The van der Waals surface area contributed by atoms with Crippen LogP contribution < -0.4 is 21.1 Å². The van der Waals surface area contributed by atoms with Crippen LogP contribution in [0.15, 0.2) is 58.3 Å². The second-order valence-electron chi connectivity index (χ2n) is 8.82. The Kier molecular flexibility index (Phi) is 11.1. The minimum Gasteiger partial charge on any atom is -0.491 e. The molecule has 0 aromatic heterocycles. The summed E-state index contributed by atoms with van der Waals surface area (Å²) in [6.07, 6.45) is -1.60. The van der Waals surface area contributed by atoms with E-state index in [1.807, 2.05) is 42.5 Å². The molecule has 35 heavy (non-hydrogen) atoms. The number of ether oxygens (including phenoxy) is 2. The monoisotopic (exact) mass is 571 g/mol. The Hall–Kier alpha value is -2.01. The Morgan fingerprint density at radius 3 is 2.20 bits per heavy atom. The van der Waals surface area contributed by atoms with E-state index in [0.29, 0.717) is 22.9 Å². The lowest BCUT2D eigenvalue weighted by Crippen LogP contribution is -2.41. The lowest BCUT2D eigenvalue weighted by Gasteiger charge is -2.27. The van der Waals surface area contributed by atoms with E-state index in [1.54, 1.807) is 6.92 Å². The van der Waals surface area contributed by atoms with Gasteiger partial charge in [-0.1, -0.05) is 32.0 Å². The zero-order valence-electron chi connectivity index (χ0n) is 20.2. The number of nitrogens with two attached hydrogens (primary N) is 2. The third-order valence-electron chi connectivity index (χ3n) is 5.64. The van der Waals surface area contributed by atoms with Gasteiger partial charge >= 0.3 is 0 Å². The Bertz CT molecular complexity index is 984. The summed E-state index contributed by atoms with van der Waals surface area (Å²) in [5.41, 5.74) is 8.28. The number of alkyl halides is 1. The number of benzene rings is 2. The number of aliphatic hydroxyl groups is 3. The Balaban J connectivity index is 2.01. The van der Waals surface area contributed by atoms with Crippen molar-refractivity contribution in [3.63, 3.8) is 0 Å². The smallest absolute Gasteiger partial charge is 0.133 e. The summed E-state index contributed by atoms with van der Waals surface area (Å²) < 4.78 is 12.1. The van der Waals surface area contributed by atoms with Crippen molar-refractivity contribution in [3.05, 3.63) is 69.5 Å². The number of halogens is 2. The summed E-state index contributed by atoms with van der Waals surface area (Å²) in [5.74, 6) is 7.23. The third-order valence-corrected chi connectivity index (χ3v) is 6.62. The Labute approximate surface area is 220 Å². The molecule has 0 aliphatic carbocycles. The number of aliphatic hydroxyl groups excluding tert-OH is 3. The zero-order valence-corrected chi connectivity index (χ0v) is 22.6. The molecule has 194 valence electrons. The molecule has 0 saturated carbocycles. The molecule has 2 aromatic carbocycles. The first kappa shape index (κ1) is 29.2. The molecule has 0 spiro atoms. The van der Waals surface area contributed by atoms with Gasteiger partial charge in [-0.05, 0) is 58.2 Å². The molecular formula is C25H35BrClN3O5. The van der Waals surface area contributed by atoms with Gasteiger partial charge in [0.15, 0.2) is 0 Å². The van der Waals surface area contributed by atoms with E-state index in [2.05, 4.69) is 29.8 Å². The molecule has 0 saturated heterocycles. The van der Waals surface area contributed by atoms with Crippen molar-refractivity contribution < 1.29 is 24.8 Å². The highest BCUT2D eigenvalue weighted by Gasteiger charge is 2.24. The number of rotatable bonds is 13. The maximum Gasteiger partial charge on any atom is 0.133 e. The third kappa shape index (κ3) is 8.27. The van der Waals surface area contributed by atoms with E-state index < -0.39 is 12.2 Å². The van der Waals surface area contributed by atoms with Crippen molar-refractivity contribution in [2.75, 3.05) is 32.2 Å². The fourth-order valence-corrected chi connectivity index (χ4v) is 3.98. The maximum absolute atomic E-state index is 10.2. The van der Waals surface area contributed by atoms with Crippen LogP contribution in [0.3, 0.4) is 0 Å². The van der Waals surface area contributed by atoms with Crippen molar-refractivity contribution in [1.29, 1.82) is 0 Å². The van der Waals surface area contributed by atoms with Gasteiger partial charge in [-0.2, -0.15) is 0 Å². The molecule has 2 rings (SSSR count). The van der Waals surface area contributed by atoms with Crippen LogP contribution in [0.25, 0.3) is 0 Å². The minimum absolute atomic E-state index is 0.0333. The standard InChI is InChI=1S/C25H35BrClN3O5/c1-16(28)23(13-31)30(29)12-20(33)15-34-21-7-4-17(5-8-21)25(2,3)18-6-9-24(22(26)10-18)35-14-19(32)11-27/h4-10,19-20,31-33H,11-15,28-29H2,1-3H3/b23-16-. The second kappa shape index (κ2) is 13.3. The SMILES string of the molecule is C/C(N)=C(\CO)N(N)CC(O)COc1ccc(C(C)(C)c2ccc(OCC(O)CCl)c(Br)c2)cc1. The summed E-state index contributed by atoms with van der Waals surface area (Å²) in [4.78, 5) is 0. The van der Waals surface area contributed by atoms with Gasteiger partial charge in [0, 0.05) is 11.1 Å². The number of nitrogens with zero attached hydrogens (tertiary/aromatic N) is 1. The molecule has 2 aromatic rings. The van der Waals surface area contributed by atoms with Crippen LogP contribution in [0.1, 0.15) is 31.9 Å². The predicted octanol–water partition coefficient (Wildman–Crippen LogP) is 2.85. The van der Waals surface area contributed by atoms with Crippen LogP contribution in [-0.4, -0.2) is 64.8 Å². The predicted molar refractivity (Wildman–Crippen MR) is 141 cm³/mol. The van der Waals surface area contributed by atoms with E-state index in [4.69, 9.17) is 32.7 Å². The first-order valence-electron chi connectivity index (χ1n) is 11.2. The van der Waals surface area contributed by atoms with Gasteiger partial charge in [-0.15, -0.1) is 11.6 Å². The van der Waals surface area contributed by atoms with Crippen molar-refractivity contribution in [1.82, 2.24) is 5.01 Å². The number of hydrazine groups is 1. The first-order valence-corrected chi connectivity index (χ1v) is 12.5. The average Bonchev–Trinajstić information content (AvgIpc) is 2.82. The lowest BCUT2D eigenvalue weighted by atomic mass is 9.78. The highest BCUT2D eigenvalue weighted by Crippen LogP contribution is 2.36. The van der Waals surface area contributed by atoms with Crippen LogP contribution >= 0.6 is 27.5 Å². The van der Waals surface area contributed by atoms with E-state index in [1.165, 1.54) is 5.01 Å². The van der Waals surface area contributed by atoms with Gasteiger partial charge < -0.3 is 35.5 Å². The van der Waals surface area contributed by atoms with Gasteiger partial charge in [0.2, 0.25) is 0 Å². The summed E-state index contributed by atoms with van der Waals surface area (Å²) in [5, 5.41) is 30.4. The summed E-state index contributed by atoms with van der Waals surface area (Å²) in [6.45, 7) is 5.78. The van der Waals surface area contributed by atoms with E-state index in [-0.39, 0.29) is 37.7 Å². The molecular weight excluding hydrogens is 538 g/mol. The van der Waals surface area contributed by atoms with E-state index in [9.17, 15) is 15.3 Å². The van der Waals surface area contributed by atoms with E-state index in [0.717, 1.165) is 15.6 Å². The summed E-state index contributed by atoms with van der Waals surface area (Å²) >= 11 is 9.17. The largest absolute Gasteiger partial charge is 0.491 e. The van der Waals surface area contributed by atoms with Crippen LogP contribution in [0.5, 0.6) is 11.5 Å². The first-order chi connectivity index (χ1) is 16.5. The normalized spacial score (nSPS) is 14.2. The molecule has 0 amide bonds. The van der Waals surface area contributed by atoms with Gasteiger partial charge in [0.25, 0.3) is 0 Å². The zero-order chi connectivity index (χ0) is 26.2. The van der Waals surface area contributed by atoms with Crippen LogP contribution in [0.4, 0.5) is 0 Å². The molecule has 0 fully saturated rings. The van der Waals surface area contributed by atoms with Crippen molar-refractivity contribution in [2.45, 2.75) is 38.4 Å². The van der Waals surface area contributed by atoms with Crippen LogP contribution in [0.2, 0.25) is 0 Å². The summed E-state index contributed by atoms with van der Waals surface area (Å²) in [6, 6.07) is 13.5. The highest BCUT2D eigenvalue weighted by molar-refractivity contribution is 9.10. The highest BCUT2D eigenvalue weighted by atomic mass is 79.9. The minimum atomic E-state index is -0.874. The molecule has 10 heteroatoms. The number of allylic oxidation sites excluding steroid dienone is 1. The van der Waals surface area contributed by atoms with Crippen molar-refractivity contribution in [3.8, 4) is 11.5 Å². The molecule has 2 unspecified atom stereocenters. The van der Waals surface area contributed by atoms with Crippen molar-refractivity contribution >= 4 is 27.5 Å². The average molecular weight is 573 g/mol. The molecule has 2 atom stereocenters. The van der Waals surface area contributed by atoms with Crippen molar-refractivity contribution in [2.24, 2.45) is 11.6 Å². The van der Waals surface area contributed by atoms with Gasteiger partial charge in [0.05, 0.1) is 29.2 Å². The molecule has 7 N–H and O–H groups in total. The molecule has 0 radical (unpaired) electrons. The molecule has 8 nitrogen and oxygen atoms in total. The molecule has 0 bridgehead atoms.